The molecule has 0 N–H and O–H groups in total. The fraction of sp³-hybridized carbons (Fsp3) is 0.316. The van der Waals surface area contributed by atoms with Gasteiger partial charge in [0.1, 0.15) is 0 Å². The molecule has 0 bridgehead atoms. The number of fused-ring (bicyclic) bond motifs is 3. The van der Waals surface area contributed by atoms with E-state index in [4.69, 9.17) is 5.10 Å². The Hall–Kier alpha value is -2.09. The summed E-state index contributed by atoms with van der Waals surface area (Å²) in [5.41, 5.74) is 6.78. The molecule has 2 heteroatoms. The van der Waals surface area contributed by atoms with Crippen LogP contribution in [0.15, 0.2) is 53.6 Å². The van der Waals surface area contributed by atoms with Gasteiger partial charge in [0.05, 0.1) is 11.8 Å². The Morgan fingerprint density at radius 1 is 1.05 bits per heavy atom. The Bertz CT molecular complexity index is 700. The SMILES string of the molecule is Cc1ccc(C2C3CCc4ccccc4C3=NN2C)cc1. The molecule has 0 saturated heterocycles. The van der Waals surface area contributed by atoms with Gasteiger partial charge < -0.3 is 0 Å². The first-order valence-electron chi connectivity index (χ1n) is 7.70. The predicted molar refractivity (Wildman–Crippen MR) is 86.5 cm³/mol. The molecule has 21 heavy (non-hydrogen) atoms. The quantitative estimate of drug-likeness (QED) is 0.770. The lowest BCUT2D eigenvalue weighted by Crippen LogP contribution is -2.27. The van der Waals surface area contributed by atoms with Crippen molar-refractivity contribution in [3.8, 4) is 0 Å². The zero-order valence-electron chi connectivity index (χ0n) is 12.6. The summed E-state index contributed by atoms with van der Waals surface area (Å²) in [7, 11) is 2.11. The summed E-state index contributed by atoms with van der Waals surface area (Å²) < 4.78 is 0. The van der Waals surface area contributed by atoms with E-state index in [1.54, 1.807) is 0 Å². The Labute approximate surface area is 126 Å². The van der Waals surface area contributed by atoms with Crippen molar-refractivity contribution in [3.05, 3.63) is 70.8 Å². The first-order chi connectivity index (χ1) is 10.2. The number of hydrogen-bond acceptors (Lipinski definition) is 2. The van der Waals surface area contributed by atoms with Gasteiger partial charge in [0.15, 0.2) is 0 Å². The lowest BCUT2D eigenvalue weighted by atomic mass is 9.77. The van der Waals surface area contributed by atoms with Crippen LogP contribution in [-0.4, -0.2) is 17.8 Å². The molecule has 106 valence electrons. The molecule has 0 saturated carbocycles. The average molecular weight is 276 g/mol. The summed E-state index contributed by atoms with van der Waals surface area (Å²) in [5, 5.41) is 7.04. The molecule has 0 fully saturated rings. The molecule has 0 aromatic heterocycles. The van der Waals surface area contributed by atoms with Gasteiger partial charge in [-0.05, 0) is 30.9 Å². The molecule has 1 heterocycles. The maximum atomic E-state index is 4.88. The van der Waals surface area contributed by atoms with Crippen LogP contribution in [0.25, 0.3) is 0 Å². The summed E-state index contributed by atoms with van der Waals surface area (Å²) in [4.78, 5) is 0. The van der Waals surface area contributed by atoms with E-state index in [9.17, 15) is 0 Å². The smallest absolute Gasteiger partial charge is 0.0801 e. The Morgan fingerprint density at radius 3 is 2.62 bits per heavy atom. The Kier molecular flexibility index (Phi) is 2.85. The number of nitrogens with zero attached hydrogens (tertiary/aromatic N) is 2. The third-order valence-electron chi connectivity index (χ3n) is 4.84. The second kappa shape index (κ2) is 4.73. The highest BCUT2D eigenvalue weighted by Crippen LogP contribution is 2.42. The van der Waals surface area contributed by atoms with Crippen molar-refractivity contribution in [2.45, 2.75) is 25.8 Å². The monoisotopic (exact) mass is 276 g/mol. The number of aryl methyl sites for hydroxylation is 2. The molecule has 2 aliphatic rings. The molecular formula is C19H20N2. The normalized spacial score (nSPS) is 23.5. The zero-order chi connectivity index (χ0) is 14.4. The molecule has 2 aromatic carbocycles. The van der Waals surface area contributed by atoms with Crippen molar-refractivity contribution >= 4 is 5.71 Å². The van der Waals surface area contributed by atoms with Gasteiger partial charge in [-0.2, -0.15) is 5.10 Å². The van der Waals surface area contributed by atoms with Crippen LogP contribution >= 0.6 is 0 Å². The van der Waals surface area contributed by atoms with Crippen molar-refractivity contribution in [2.75, 3.05) is 7.05 Å². The van der Waals surface area contributed by atoms with Gasteiger partial charge in [-0.1, -0.05) is 54.1 Å². The lowest BCUT2D eigenvalue weighted by Gasteiger charge is -2.29. The minimum Gasteiger partial charge on any atom is -0.292 e. The predicted octanol–water partition coefficient (Wildman–Crippen LogP) is 3.95. The van der Waals surface area contributed by atoms with Gasteiger partial charge in [0.25, 0.3) is 0 Å². The first kappa shape index (κ1) is 12.6. The third-order valence-corrected chi connectivity index (χ3v) is 4.84. The second-order valence-electron chi connectivity index (χ2n) is 6.22. The van der Waals surface area contributed by atoms with E-state index >= 15 is 0 Å². The fourth-order valence-electron chi connectivity index (χ4n) is 3.78. The zero-order valence-corrected chi connectivity index (χ0v) is 12.6. The van der Waals surface area contributed by atoms with Crippen LogP contribution in [0.5, 0.6) is 0 Å². The van der Waals surface area contributed by atoms with E-state index in [0.717, 1.165) is 6.42 Å². The summed E-state index contributed by atoms with van der Waals surface area (Å²) in [6.07, 6.45) is 2.36. The second-order valence-corrected chi connectivity index (χ2v) is 6.22. The van der Waals surface area contributed by atoms with Crippen molar-refractivity contribution in [2.24, 2.45) is 11.0 Å². The van der Waals surface area contributed by atoms with Crippen molar-refractivity contribution in [3.63, 3.8) is 0 Å². The molecular weight excluding hydrogens is 256 g/mol. The van der Waals surface area contributed by atoms with Crippen molar-refractivity contribution in [1.82, 2.24) is 5.01 Å². The highest BCUT2D eigenvalue weighted by atomic mass is 15.5. The van der Waals surface area contributed by atoms with Gasteiger partial charge >= 0.3 is 0 Å². The molecule has 1 aliphatic carbocycles. The molecule has 1 aliphatic heterocycles. The van der Waals surface area contributed by atoms with Crippen LogP contribution < -0.4 is 0 Å². The summed E-state index contributed by atoms with van der Waals surface area (Å²) in [6, 6.07) is 18.0. The van der Waals surface area contributed by atoms with Gasteiger partial charge in [-0.15, -0.1) is 0 Å². The number of benzene rings is 2. The maximum absolute atomic E-state index is 4.88. The van der Waals surface area contributed by atoms with Gasteiger partial charge in [-0.25, -0.2) is 0 Å². The molecule has 4 rings (SSSR count). The van der Waals surface area contributed by atoms with E-state index in [-0.39, 0.29) is 0 Å². The van der Waals surface area contributed by atoms with Gasteiger partial charge in [-0.3, -0.25) is 5.01 Å². The van der Waals surface area contributed by atoms with E-state index in [1.807, 2.05) is 0 Å². The highest BCUT2D eigenvalue weighted by molar-refractivity contribution is 6.05. The molecule has 0 amide bonds. The van der Waals surface area contributed by atoms with Crippen LogP contribution in [0.2, 0.25) is 0 Å². The topological polar surface area (TPSA) is 15.6 Å². The minimum absolute atomic E-state index is 0.383. The third kappa shape index (κ3) is 1.98. The number of hydrazone groups is 1. The standard InChI is InChI=1S/C19H20N2/c1-13-7-9-15(10-8-13)19-17-12-11-14-5-3-4-6-16(14)18(17)20-21(19)2/h3-10,17,19H,11-12H2,1-2H3. The molecule has 0 spiro atoms. The van der Waals surface area contributed by atoms with Crippen LogP contribution in [0.1, 0.15) is 34.7 Å². The lowest BCUT2D eigenvalue weighted by molar-refractivity contribution is 0.244. The maximum Gasteiger partial charge on any atom is 0.0801 e. The van der Waals surface area contributed by atoms with Crippen molar-refractivity contribution in [1.29, 1.82) is 0 Å². The number of rotatable bonds is 1. The molecule has 2 nitrogen and oxygen atoms in total. The highest BCUT2D eigenvalue weighted by Gasteiger charge is 2.39. The fourth-order valence-corrected chi connectivity index (χ4v) is 3.78. The first-order valence-corrected chi connectivity index (χ1v) is 7.70. The van der Waals surface area contributed by atoms with E-state index < -0.39 is 0 Å². The van der Waals surface area contributed by atoms with Gasteiger partial charge in [0, 0.05) is 18.5 Å². The van der Waals surface area contributed by atoms with Crippen molar-refractivity contribution < 1.29 is 0 Å². The minimum atomic E-state index is 0.383. The molecule has 2 aromatic rings. The van der Waals surface area contributed by atoms with Crippen LogP contribution in [0, 0.1) is 12.8 Å². The molecule has 2 atom stereocenters. The average Bonchev–Trinajstić information content (AvgIpc) is 2.85. The van der Waals surface area contributed by atoms with E-state index in [2.05, 4.69) is 67.5 Å². The summed E-state index contributed by atoms with van der Waals surface area (Å²) in [5.74, 6) is 0.521. The number of hydrogen-bond donors (Lipinski definition) is 0. The molecule has 0 radical (unpaired) electrons. The summed E-state index contributed by atoms with van der Waals surface area (Å²) >= 11 is 0. The van der Waals surface area contributed by atoms with Crippen LogP contribution in [0.3, 0.4) is 0 Å². The van der Waals surface area contributed by atoms with Crippen LogP contribution in [0.4, 0.5) is 0 Å². The molecule has 2 unspecified atom stereocenters. The summed E-state index contributed by atoms with van der Waals surface area (Å²) in [6.45, 7) is 2.14. The Balaban J connectivity index is 1.74. The van der Waals surface area contributed by atoms with E-state index in [1.165, 1.54) is 34.4 Å². The van der Waals surface area contributed by atoms with Crippen LogP contribution in [-0.2, 0) is 6.42 Å². The Morgan fingerprint density at radius 2 is 1.81 bits per heavy atom. The largest absolute Gasteiger partial charge is 0.292 e. The van der Waals surface area contributed by atoms with Gasteiger partial charge in [0.2, 0.25) is 0 Å². The van der Waals surface area contributed by atoms with E-state index in [0.29, 0.717) is 12.0 Å².